The molecule has 3 fully saturated rings. The van der Waals surface area contributed by atoms with Gasteiger partial charge in [0.1, 0.15) is 6.29 Å². The molecule has 1 aliphatic heterocycles. The molecule has 2 heteroatoms. The lowest BCUT2D eigenvalue weighted by Crippen LogP contribution is -2.44. The van der Waals surface area contributed by atoms with Crippen LogP contribution >= 0.6 is 0 Å². The number of carbonyl (C=O) groups is 1. The molecule has 3 aliphatic rings. The Morgan fingerprint density at radius 2 is 1.68 bits per heavy atom. The largest absolute Gasteiger partial charge is 0.303 e. The van der Waals surface area contributed by atoms with Crippen LogP contribution in [0.25, 0.3) is 0 Å². The Balaban J connectivity index is 1.64. The first-order chi connectivity index (χ1) is 9.33. The zero-order chi connectivity index (χ0) is 13.1. The van der Waals surface area contributed by atoms with Gasteiger partial charge in [-0.2, -0.15) is 0 Å². The van der Waals surface area contributed by atoms with Gasteiger partial charge in [-0.15, -0.1) is 0 Å². The zero-order valence-electron chi connectivity index (χ0n) is 12.3. The van der Waals surface area contributed by atoms with Crippen molar-refractivity contribution >= 4 is 6.29 Å². The number of hydrogen-bond acceptors (Lipinski definition) is 2. The molecule has 1 saturated heterocycles. The Hall–Kier alpha value is -0.370. The van der Waals surface area contributed by atoms with E-state index >= 15 is 0 Å². The summed E-state index contributed by atoms with van der Waals surface area (Å²) >= 11 is 0. The van der Waals surface area contributed by atoms with Gasteiger partial charge in [0.05, 0.1) is 0 Å². The highest BCUT2D eigenvalue weighted by Crippen LogP contribution is 2.40. The van der Waals surface area contributed by atoms with Crippen LogP contribution < -0.4 is 0 Å². The maximum absolute atomic E-state index is 11.7. The fourth-order valence-electron chi connectivity index (χ4n) is 4.90. The molecule has 2 aliphatic carbocycles. The molecule has 1 heterocycles. The highest BCUT2D eigenvalue weighted by atomic mass is 16.1. The minimum atomic E-state index is 0.0133. The summed E-state index contributed by atoms with van der Waals surface area (Å²) < 4.78 is 0. The van der Waals surface area contributed by atoms with Crippen molar-refractivity contribution in [1.29, 1.82) is 0 Å². The molecule has 0 aromatic rings. The molecule has 3 rings (SSSR count). The van der Waals surface area contributed by atoms with Crippen LogP contribution in [-0.2, 0) is 4.79 Å². The first-order valence-electron chi connectivity index (χ1n) is 8.53. The van der Waals surface area contributed by atoms with Crippen LogP contribution in [0.1, 0.15) is 70.6 Å². The molecule has 2 nitrogen and oxygen atoms in total. The van der Waals surface area contributed by atoms with E-state index < -0.39 is 0 Å². The second-order valence-electron chi connectivity index (χ2n) is 7.27. The standard InChI is InChI=1S/C17H29NO/c19-14-17(10-4-1-5-11-17)13-18-12-6-9-16(18)15-7-2-3-8-15/h14-16H,1-13H2. The van der Waals surface area contributed by atoms with Gasteiger partial charge in [-0.25, -0.2) is 0 Å². The smallest absolute Gasteiger partial charge is 0.127 e. The Labute approximate surface area is 117 Å². The molecular formula is C17H29NO. The molecule has 19 heavy (non-hydrogen) atoms. The summed E-state index contributed by atoms with van der Waals surface area (Å²) in [5.41, 5.74) is 0.0133. The van der Waals surface area contributed by atoms with Crippen LogP contribution in [0.15, 0.2) is 0 Å². The molecule has 0 spiro atoms. The van der Waals surface area contributed by atoms with E-state index in [-0.39, 0.29) is 5.41 Å². The molecule has 1 atom stereocenters. The van der Waals surface area contributed by atoms with Gasteiger partial charge in [0.2, 0.25) is 0 Å². The average Bonchev–Trinajstić information content (AvgIpc) is 3.10. The number of nitrogens with zero attached hydrogens (tertiary/aromatic N) is 1. The molecule has 0 radical (unpaired) electrons. The van der Waals surface area contributed by atoms with Crippen molar-refractivity contribution in [3.05, 3.63) is 0 Å². The fourth-order valence-corrected chi connectivity index (χ4v) is 4.90. The minimum Gasteiger partial charge on any atom is -0.303 e. The second kappa shape index (κ2) is 5.95. The van der Waals surface area contributed by atoms with Crippen LogP contribution in [0.4, 0.5) is 0 Å². The van der Waals surface area contributed by atoms with Gasteiger partial charge in [-0.05, 0) is 51.0 Å². The average molecular weight is 263 g/mol. The number of likely N-dealkylation sites (tertiary alicyclic amines) is 1. The lowest BCUT2D eigenvalue weighted by atomic mass is 9.74. The Morgan fingerprint density at radius 1 is 0.947 bits per heavy atom. The summed E-state index contributed by atoms with van der Waals surface area (Å²) in [6.45, 7) is 2.31. The molecule has 1 unspecified atom stereocenters. The molecule has 0 amide bonds. The number of rotatable bonds is 4. The van der Waals surface area contributed by atoms with Crippen molar-refractivity contribution in [3.8, 4) is 0 Å². The van der Waals surface area contributed by atoms with Crippen molar-refractivity contribution in [2.45, 2.75) is 76.7 Å². The van der Waals surface area contributed by atoms with Gasteiger partial charge in [0.15, 0.2) is 0 Å². The second-order valence-corrected chi connectivity index (χ2v) is 7.27. The lowest BCUT2D eigenvalue weighted by molar-refractivity contribution is -0.119. The van der Waals surface area contributed by atoms with Crippen molar-refractivity contribution < 1.29 is 4.79 Å². The summed E-state index contributed by atoms with van der Waals surface area (Å²) in [4.78, 5) is 14.4. The molecule has 0 aromatic carbocycles. The maximum Gasteiger partial charge on any atom is 0.127 e. The fraction of sp³-hybridized carbons (Fsp3) is 0.941. The van der Waals surface area contributed by atoms with Gasteiger partial charge in [-0.3, -0.25) is 4.90 Å². The third-order valence-electron chi connectivity index (χ3n) is 5.98. The van der Waals surface area contributed by atoms with Gasteiger partial charge >= 0.3 is 0 Å². The van der Waals surface area contributed by atoms with Crippen LogP contribution in [-0.4, -0.2) is 30.3 Å². The Bertz CT molecular complexity index is 302. The van der Waals surface area contributed by atoms with Gasteiger partial charge in [0.25, 0.3) is 0 Å². The lowest BCUT2D eigenvalue weighted by Gasteiger charge is -2.39. The predicted molar refractivity (Wildman–Crippen MR) is 78.1 cm³/mol. The van der Waals surface area contributed by atoms with Crippen LogP contribution in [0.3, 0.4) is 0 Å². The van der Waals surface area contributed by atoms with Crippen molar-refractivity contribution in [1.82, 2.24) is 4.90 Å². The maximum atomic E-state index is 11.7. The molecule has 0 N–H and O–H groups in total. The first-order valence-corrected chi connectivity index (χ1v) is 8.53. The van der Waals surface area contributed by atoms with Crippen molar-refractivity contribution in [2.24, 2.45) is 11.3 Å². The van der Waals surface area contributed by atoms with E-state index in [1.807, 2.05) is 0 Å². The summed E-state index contributed by atoms with van der Waals surface area (Å²) in [6.07, 6.45) is 16.0. The van der Waals surface area contributed by atoms with E-state index in [9.17, 15) is 4.79 Å². The van der Waals surface area contributed by atoms with Gasteiger partial charge < -0.3 is 4.79 Å². The van der Waals surface area contributed by atoms with Crippen LogP contribution in [0, 0.1) is 11.3 Å². The highest BCUT2D eigenvalue weighted by Gasteiger charge is 2.39. The normalized spacial score (nSPS) is 32.7. The monoisotopic (exact) mass is 263 g/mol. The molecule has 2 saturated carbocycles. The SMILES string of the molecule is O=CC1(CN2CCCC2C2CCCC2)CCCCC1. The molecule has 0 bridgehead atoms. The third kappa shape index (κ3) is 2.89. The van der Waals surface area contributed by atoms with E-state index in [0.717, 1.165) is 31.3 Å². The minimum absolute atomic E-state index is 0.0133. The van der Waals surface area contributed by atoms with Gasteiger partial charge in [0, 0.05) is 18.0 Å². The zero-order valence-corrected chi connectivity index (χ0v) is 12.3. The molecular weight excluding hydrogens is 234 g/mol. The topological polar surface area (TPSA) is 20.3 Å². The summed E-state index contributed by atoms with van der Waals surface area (Å²) in [5, 5.41) is 0. The Morgan fingerprint density at radius 3 is 2.37 bits per heavy atom. The number of hydrogen-bond donors (Lipinski definition) is 0. The molecule has 108 valence electrons. The molecule has 0 aromatic heterocycles. The summed E-state index contributed by atoms with van der Waals surface area (Å²) in [7, 11) is 0. The van der Waals surface area contributed by atoms with Gasteiger partial charge in [-0.1, -0.05) is 32.1 Å². The van der Waals surface area contributed by atoms with Crippen molar-refractivity contribution in [2.75, 3.05) is 13.1 Å². The summed E-state index contributed by atoms with van der Waals surface area (Å²) in [6, 6.07) is 0.807. The van der Waals surface area contributed by atoms with E-state index in [1.54, 1.807) is 0 Å². The van der Waals surface area contributed by atoms with E-state index in [2.05, 4.69) is 4.90 Å². The van der Waals surface area contributed by atoms with E-state index in [4.69, 9.17) is 0 Å². The third-order valence-corrected chi connectivity index (χ3v) is 5.98. The number of carbonyl (C=O) groups excluding carboxylic acids is 1. The summed E-state index contributed by atoms with van der Waals surface area (Å²) in [5.74, 6) is 0.940. The van der Waals surface area contributed by atoms with Crippen molar-refractivity contribution in [3.63, 3.8) is 0 Å². The van der Waals surface area contributed by atoms with E-state index in [0.29, 0.717) is 0 Å². The quantitative estimate of drug-likeness (QED) is 0.719. The highest BCUT2D eigenvalue weighted by molar-refractivity contribution is 5.60. The first kappa shape index (κ1) is 13.6. The number of aldehydes is 1. The van der Waals surface area contributed by atoms with E-state index in [1.165, 1.54) is 70.6 Å². The van der Waals surface area contributed by atoms with Crippen LogP contribution in [0.5, 0.6) is 0 Å². The predicted octanol–water partition coefficient (Wildman–Crippen LogP) is 3.79. The van der Waals surface area contributed by atoms with Crippen LogP contribution in [0.2, 0.25) is 0 Å². The Kier molecular flexibility index (Phi) is 4.26.